The van der Waals surface area contributed by atoms with E-state index in [1.54, 1.807) is 19.1 Å². The zero-order chi connectivity index (χ0) is 13.8. The van der Waals surface area contributed by atoms with Gasteiger partial charge in [-0.1, -0.05) is 36.4 Å². The average molecular weight is 275 g/mol. The molecule has 1 aromatic carbocycles. The summed E-state index contributed by atoms with van der Waals surface area (Å²) in [7, 11) is 0. The molecule has 0 saturated carbocycles. The van der Waals surface area contributed by atoms with Crippen molar-refractivity contribution in [3.05, 3.63) is 52.4 Å². The van der Waals surface area contributed by atoms with Gasteiger partial charge in [-0.2, -0.15) is 0 Å². The molecule has 0 bridgehead atoms. The third-order valence-electron chi connectivity index (χ3n) is 2.60. The summed E-state index contributed by atoms with van der Waals surface area (Å²) in [5.74, 6) is -0.357. The second kappa shape index (κ2) is 5.86. The molecule has 1 aliphatic rings. The Morgan fingerprint density at radius 2 is 1.95 bits per heavy atom. The Balaban J connectivity index is 2.05. The van der Waals surface area contributed by atoms with Crippen LogP contribution in [0.4, 0.5) is 4.79 Å². The van der Waals surface area contributed by atoms with Gasteiger partial charge in [-0.25, -0.2) is 0 Å². The molecule has 0 aromatic heterocycles. The summed E-state index contributed by atoms with van der Waals surface area (Å²) in [6.45, 7) is 1.71. The predicted octanol–water partition coefficient (Wildman–Crippen LogP) is 2.62. The summed E-state index contributed by atoms with van der Waals surface area (Å²) in [6.07, 6.45) is 4.67. The van der Waals surface area contributed by atoms with Crippen LogP contribution < -0.4 is 5.32 Å². The summed E-state index contributed by atoms with van der Waals surface area (Å²) >= 11 is 0.892. The number of hydrogen-bond acceptors (Lipinski definition) is 4. The van der Waals surface area contributed by atoms with E-state index in [1.807, 2.05) is 30.3 Å². The minimum absolute atomic E-state index is 0.342. The fourth-order valence-corrected chi connectivity index (χ4v) is 2.20. The summed E-state index contributed by atoms with van der Waals surface area (Å²) in [5.41, 5.74) is 1.81. The van der Waals surface area contributed by atoms with Crippen molar-refractivity contribution in [1.29, 1.82) is 0 Å². The number of allylic oxidation sites excluding steroid dienone is 2. The molecule has 0 spiro atoms. The highest BCUT2D eigenvalue weighted by atomic mass is 32.2. The summed E-state index contributed by atoms with van der Waals surface area (Å²) in [5, 5.41) is 11.2. The van der Waals surface area contributed by atoms with Crippen molar-refractivity contribution < 1.29 is 14.7 Å². The number of aliphatic hydroxyl groups excluding tert-OH is 1. The van der Waals surface area contributed by atoms with Crippen LogP contribution in [0.1, 0.15) is 24.2 Å². The molecule has 1 unspecified atom stereocenters. The van der Waals surface area contributed by atoms with E-state index in [0.29, 0.717) is 4.91 Å². The summed E-state index contributed by atoms with van der Waals surface area (Å²) < 4.78 is 0. The minimum Gasteiger partial charge on any atom is -0.389 e. The van der Waals surface area contributed by atoms with E-state index < -0.39 is 6.10 Å². The SMILES string of the molecule is CC(O)c1ccc(/C=C/C=C2\SC(=O)NC2=O)cc1. The van der Waals surface area contributed by atoms with Crippen LogP contribution in [0.2, 0.25) is 0 Å². The van der Waals surface area contributed by atoms with E-state index >= 15 is 0 Å². The van der Waals surface area contributed by atoms with E-state index in [2.05, 4.69) is 5.32 Å². The van der Waals surface area contributed by atoms with Gasteiger partial charge in [-0.05, 0) is 35.9 Å². The van der Waals surface area contributed by atoms with E-state index in [0.717, 1.165) is 22.9 Å². The number of carbonyl (C=O) groups excluding carboxylic acids is 2. The normalized spacial score (nSPS) is 19.2. The molecule has 2 N–H and O–H groups in total. The number of aliphatic hydroxyl groups is 1. The van der Waals surface area contributed by atoms with Gasteiger partial charge >= 0.3 is 0 Å². The van der Waals surface area contributed by atoms with Crippen LogP contribution in [0.3, 0.4) is 0 Å². The fourth-order valence-electron chi connectivity index (χ4n) is 1.57. The molecule has 0 aliphatic carbocycles. The van der Waals surface area contributed by atoms with Gasteiger partial charge in [0.15, 0.2) is 0 Å². The number of hydrogen-bond donors (Lipinski definition) is 2. The molecule has 4 nitrogen and oxygen atoms in total. The van der Waals surface area contributed by atoms with Gasteiger partial charge in [0.2, 0.25) is 0 Å². The monoisotopic (exact) mass is 275 g/mol. The molecule has 1 saturated heterocycles. The van der Waals surface area contributed by atoms with Crippen LogP contribution >= 0.6 is 11.8 Å². The first kappa shape index (κ1) is 13.6. The number of carbonyl (C=O) groups is 2. The van der Waals surface area contributed by atoms with Crippen LogP contribution in [-0.2, 0) is 4.79 Å². The van der Waals surface area contributed by atoms with Crippen LogP contribution in [0.25, 0.3) is 6.08 Å². The Labute approximate surface area is 115 Å². The van der Waals surface area contributed by atoms with Crippen molar-refractivity contribution in [2.24, 2.45) is 0 Å². The van der Waals surface area contributed by atoms with Gasteiger partial charge in [-0.15, -0.1) is 0 Å². The maximum atomic E-state index is 11.3. The second-order valence-corrected chi connectivity index (χ2v) is 5.09. The maximum Gasteiger partial charge on any atom is 0.290 e. The average Bonchev–Trinajstić information content (AvgIpc) is 2.68. The first-order valence-electron chi connectivity index (χ1n) is 5.76. The van der Waals surface area contributed by atoms with Crippen molar-refractivity contribution in [1.82, 2.24) is 5.32 Å². The topological polar surface area (TPSA) is 66.4 Å². The maximum absolute atomic E-state index is 11.3. The summed E-state index contributed by atoms with van der Waals surface area (Å²) in [4.78, 5) is 22.6. The Kier molecular flexibility index (Phi) is 4.19. The van der Waals surface area contributed by atoms with Crippen molar-refractivity contribution in [2.75, 3.05) is 0 Å². The lowest BCUT2D eigenvalue weighted by molar-refractivity contribution is -0.115. The lowest BCUT2D eigenvalue weighted by atomic mass is 10.1. The molecule has 1 aromatic rings. The van der Waals surface area contributed by atoms with E-state index in [-0.39, 0.29) is 11.1 Å². The predicted molar refractivity (Wildman–Crippen MR) is 75.3 cm³/mol. The Hall–Kier alpha value is -1.85. The van der Waals surface area contributed by atoms with Gasteiger partial charge in [-0.3, -0.25) is 14.9 Å². The van der Waals surface area contributed by atoms with Gasteiger partial charge < -0.3 is 5.11 Å². The largest absolute Gasteiger partial charge is 0.389 e. The van der Waals surface area contributed by atoms with Crippen LogP contribution in [-0.4, -0.2) is 16.3 Å². The summed E-state index contributed by atoms with van der Waals surface area (Å²) in [6, 6.07) is 7.45. The molecule has 1 aliphatic heterocycles. The molecule has 1 atom stereocenters. The number of thioether (sulfide) groups is 1. The molecule has 2 rings (SSSR count). The smallest absolute Gasteiger partial charge is 0.290 e. The number of nitrogens with one attached hydrogen (secondary N) is 1. The van der Waals surface area contributed by atoms with Crippen LogP contribution in [0.15, 0.2) is 41.3 Å². The van der Waals surface area contributed by atoms with E-state index in [1.165, 1.54) is 0 Å². The number of benzene rings is 1. The third kappa shape index (κ3) is 3.56. The Morgan fingerprint density at radius 1 is 1.26 bits per heavy atom. The first-order valence-corrected chi connectivity index (χ1v) is 6.57. The molecule has 98 valence electrons. The zero-order valence-corrected chi connectivity index (χ0v) is 11.1. The molecule has 19 heavy (non-hydrogen) atoms. The first-order chi connectivity index (χ1) is 9.06. The molecule has 5 heteroatoms. The lowest BCUT2D eigenvalue weighted by Crippen LogP contribution is -2.17. The molecule has 0 radical (unpaired) electrons. The van der Waals surface area contributed by atoms with Crippen LogP contribution in [0.5, 0.6) is 0 Å². The third-order valence-corrected chi connectivity index (χ3v) is 3.43. The molecular formula is C14H13NO3S. The standard InChI is InChI=1S/C14H13NO3S/c1-9(16)11-7-5-10(6-8-11)3-2-4-12-13(17)15-14(18)19-12/h2-9,16H,1H3,(H,15,17,18)/b3-2+,12-4-. The minimum atomic E-state index is -0.482. The quantitative estimate of drug-likeness (QED) is 0.832. The highest BCUT2D eigenvalue weighted by Gasteiger charge is 2.24. The van der Waals surface area contributed by atoms with Crippen molar-refractivity contribution in [3.63, 3.8) is 0 Å². The molecule has 1 heterocycles. The lowest BCUT2D eigenvalue weighted by Gasteiger charge is -2.03. The van der Waals surface area contributed by atoms with Crippen molar-refractivity contribution >= 4 is 29.0 Å². The highest BCUT2D eigenvalue weighted by Crippen LogP contribution is 2.23. The molecule has 2 amide bonds. The van der Waals surface area contributed by atoms with Gasteiger partial charge in [0.25, 0.3) is 11.1 Å². The van der Waals surface area contributed by atoms with Crippen molar-refractivity contribution in [2.45, 2.75) is 13.0 Å². The zero-order valence-electron chi connectivity index (χ0n) is 10.3. The van der Waals surface area contributed by atoms with Crippen molar-refractivity contribution in [3.8, 4) is 0 Å². The second-order valence-electron chi connectivity index (χ2n) is 4.08. The van der Waals surface area contributed by atoms with Gasteiger partial charge in [0.1, 0.15) is 0 Å². The number of rotatable bonds is 3. The number of imide groups is 1. The van der Waals surface area contributed by atoms with Crippen LogP contribution in [0, 0.1) is 0 Å². The Bertz CT molecular complexity index is 559. The van der Waals surface area contributed by atoms with E-state index in [4.69, 9.17) is 0 Å². The molecular weight excluding hydrogens is 262 g/mol. The van der Waals surface area contributed by atoms with E-state index in [9.17, 15) is 14.7 Å². The van der Waals surface area contributed by atoms with Gasteiger partial charge in [0, 0.05) is 0 Å². The fraction of sp³-hybridized carbons (Fsp3) is 0.143. The highest BCUT2D eigenvalue weighted by molar-refractivity contribution is 8.18. The Morgan fingerprint density at radius 3 is 2.47 bits per heavy atom. The molecule has 1 fully saturated rings. The number of amides is 2. The van der Waals surface area contributed by atoms with Gasteiger partial charge in [0.05, 0.1) is 11.0 Å².